The van der Waals surface area contributed by atoms with Gasteiger partial charge in [0.05, 0.1) is 13.1 Å². The number of carbonyl (C=O) groups is 3. The summed E-state index contributed by atoms with van der Waals surface area (Å²) in [4.78, 5) is 37.9. The van der Waals surface area contributed by atoms with Crippen LogP contribution >= 0.6 is 0 Å². The number of β-amino-alcohol motifs (C(OH)–C–C–N with tert-alkyl or cyclic N) is 1. The molecule has 1 saturated heterocycles. The Labute approximate surface area is 197 Å². The number of nitrogens with zero attached hydrogens (tertiary/aromatic N) is 1. The van der Waals surface area contributed by atoms with Crippen molar-refractivity contribution in [2.75, 3.05) is 19.7 Å². The highest BCUT2D eigenvalue weighted by Gasteiger charge is 2.51. The highest BCUT2D eigenvalue weighted by Crippen LogP contribution is 2.44. The number of carboxylic acids is 1. The number of amides is 2. The van der Waals surface area contributed by atoms with Gasteiger partial charge in [0.2, 0.25) is 5.91 Å². The SMILES string of the molecule is CC(C)=CCC(NC(=O)OCC1c2ccccc2-c2ccccc21)C(=O)N1CC(O)(C(=O)O)C1. The highest BCUT2D eigenvalue weighted by atomic mass is 16.5. The van der Waals surface area contributed by atoms with E-state index in [-0.39, 0.29) is 32.0 Å². The summed E-state index contributed by atoms with van der Waals surface area (Å²) in [7, 11) is 0. The Balaban J connectivity index is 1.42. The van der Waals surface area contributed by atoms with E-state index in [1.54, 1.807) is 0 Å². The highest BCUT2D eigenvalue weighted by molar-refractivity contribution is 5.90. The summed E-state index contributed by atoms with van der Waals surface area (Å²) in [5, 5.41) is 21.6. The van der Waals surface area contributed by atoms with Gasteiger partial charge in [-0.15, -0.1) is 0 Å². The number of aliphatic carboxylic acids is 1. The fourth-order valence-electron chi connectivity index (χ4n) is 4.45. The lowest BCUT2D eigenvalue weighted by atomic mass is 9.93. The molecule has 1 heterocycles. The van der Waals surface area contributed by atoms with E-state index in [9.17, 15) is 19.5 Å². The number of fused-ring (bicyclic) bond motifs is 3. The first-order valence-electron chi connectivity index (χ1n) is 11.2. The summed E-state index contributed by atoms with van der Waals surface area (Å²) < 4.78 is 5.55. The molecule has 1 aliphatic heterocycles. The van der Waals surface area contributed by atoms with Crippen molar-refractivity contribution in [3.63, 3.8) is 0 Å². The number of allylic oxidation sites excluding steroid dienone is 1. The standard InChI is InChI=1S/C26H28N2O6/c1-16(2)11-12-22(23(29)28-14-26(33,15-28)24(30)31)27-25(32)34-13-21-19-9-5-3-7-17(19)18-8-4-6-10-20(18)21/h3-11,21-22,33H,12-15H2,1-2H3,(H,27,32)(H,30,31). The number of nitrogens with one attached hydrogen (secondary N) is 1. The molecule has 178 valence electrons. The molecule has 0 radical (unpaired) electrons. The Bertz CT molecular complexity index is 1100. The number of rotatable bonds is 7. The molecule has 1 fully saturated rings. The molecule has 2 amide bonds. The van der Waals surface area contributed by atoms with Crippen LogP contribution in [0.3, 0.4) is 0 Å². The van der Waals surface area contributed by atoms with Crippen LogP contribution in [0.15, 0.2) is 60.2 Å². The van der Waals surface area contributed by atoms with Gasteiger partial charge in [0.1, 0.15) is 12.6 Å². The number of benzene rings is 2. The fourth-order valence-corrected chi connectivity index (χ4v) is 4.45. The zero-order valence-corrected chi connectivity index (χ0v) is 19.2. The largest absolute Gasteiger partial charge is 0.479 e. The van der Waals surface area contributed by atoms with Crippen LogP contribution in [0, 0.1) is 0 Å². The van der Waals surface area contributed by atoms with Gasteiger partial charge in [0.15, 0.2) is 5.60 Å². The van der Waals surface area contributed by atoms with Gasteiger partial charge in [0, 0.05) is 5.92 Å². The molecule has 1 unspecified atom stereocenters. The van der Waals surface area contributed by atoms with Gasteiger partial charge in [-0.25, -0.2) is 9.59 Å². The summed E-state index contributed by atoms with van der Waals surface area (Å²) in [6, 6.07) is 15.1. The lowest BCUT2D eigenvalue weighted by Crippen LogP contribution is -2.69. The van der Waals surface area contributed by atoms with Crippen molar-refractivity contribution in [3.05, 3.63) is 71.3 Å². The molecule has 2 aromatic carbocycles. The van der Waals surface area contributed by atoms with Gasteiger partial charge in [-0.2, -0.15) is 0 Å². The molecule has 1 aliphatic carbocycles. The lowest BCUT2D eigenvalue weighted by molar-refractivity contribution is -0.182. The smallest absolute Gasteiger partial charge is 0.407 e. The minimum atomic E-state index is -1.94. The number of ether oxygens (including phenoxy) is 1. The van der Waals surface area contributed by atoms with Gasteiger partial charge >= 0.3 is 12.1 Å². The molecule has 0 spiro atoms. The van der Waals surface area contributed by atoms with E-state index < -0.39 is 29.6 Å². The molecule has 8 heteroatoms. The molecule has 3 N–H and O–H groups in total. The summed E-state index contributed by atoms with van der Waals surface area (Å²) in [5.41, 5.74) is 3.43. The first-order valence-corrected chi connectivity index (χ1v) is 11.2. The number of likely N-dealkylation sites (tertiary alicyclic amines) is 1. The zero-order valence-electron chi connectivity index (χ0n) is 19.2. The number of carboxylic acid groups (broad SMARTS) is 1. The fraction of sp³-hybridized carbons (Fsp3) is 0.346. The van der Waals surface area contributed by atoms with Crippen molar-refractivity contribution in [1.29, 1.82) is 0 Å². The summed E-state index contributed by atoms with van der Waals surface area (Å²) >= 11 is 0. The van der Waals surface area contributed by atoms with Crippen LogP contribution in [0.25, 0.3) is 11.1 Å². The van der Waals surface area contributed by atoms with Crippen LogP contribution in [0.2, 0.25) is 0 Å². The molecular weight excluding hydrogens is 436 g/mol. The number of carbonyl (C=O) groups excluding carboxylic acids is 2. The summed E-state index contributed by atoms with van der Waals surface area (Å²) in [6.07, 6.45) is 1.32. The molecule has 0 saturated carbocycles. The Hall–Kier alpha value is -3.65. The summed E-state index contributed by atoms with van der Waals surface area (Å²) in [5.74, 6) is -1.94. The van der Waals surface area contributed by atoms with Crippen LogP contribution in [-0.4, -0.2) is 64.4 Å². The van der Waals surface area contributed by atoms with Crippen LogP contribution < -0.4 is 5.32 Å². The molecule has 8 nitrogen and oxygen atoms in total. The second-order valence-electron chi connectivity index (χ2n) is 9.07. The third kappa shape index (κ3) is 4.54. The quantitative estimate of drug-likeness (QED) is 0.543. The van der Waals surface area contributed by atoms with Crippen molar-refractivity contribution in [2.24, 2.45) is 0 Å². The second kappa shape index (κ2) is 9.30. The maximum atomic E-state index is 12.9. The van der Waals surface area contributed by atoms with Crippen molar-refractivity contribution in [2.45, 2.75) is 37.8 Å². The maximum Gasteiger partial charge on any atom is 0.407 e. The topological polar surface area (TPSA) is 116 Å². The van der Waals surface area contributed by atoms with E-state index in [0.29, 0.717) is 0 Å². The second-order valence-corrected chi connectivity index (χ2v) is 9.07. The Kier molecular flexibility index (Phi) is 6.43. The molecule has 0 aromatic heterocycles. The minimum absolute atomic E-state index is 0.106. The Morgan fingerprint density at radius 2 is 1.65 bits per heavy atom. The molecule has 2 aromatic rings. The van der Waals surface area contributed by atoms with Crippen LogP contribution in [0.5, 0.6) is 0 Å². The van der Waals surface area contributed by atoms with Crippen molar-refractivity contribution < 1.29 is 29.3 Å². The van der Waals surface area contributed by atoms with Gasteiger partial charge in [-0.1, -0.05) is 60.2 Å². The first kappa shape index (κ1) is 23.5. The number of hydrogen-bond acceptors (Lipinski definition) is 5. The van der Waals surface area contributed by atoms with E-state index in [4.69, 9.17) is 9.84 Å². The van der Waals surface area contributed by atoms with Gasteiger partial charge < -0.3 is 25.2 Å². The summed E-state index contributed by atoms with van der Waals surface area (Å²) in [6.45, 7) is 3.23. The molecule has 1 atom stereocenters. The van der Waals surface area contributed by atoms with E-state index in [1.807, 2.05) is 68.5 Å². The van der Waals surface area contributed by atoms with Crippen LogP contribution in [0.4, 0.5) is 4.79 Å². The van der Waals surface area contributed by atoms with E-state index >= 15 is 0 Å². The molecule has 4 rings (SSSR count). The Morgan fingerprint density at radius 3 is 2.18 bits per heavy atom. The Morgan fingerprint density at radius 1 is 1.09 bits per heavy atom. The molecule has 2 aliphatic rings. The van der Waals surface area contributed by atoms with Gasteiger partial charge in [-0.3, -0.25) is 4.79 Å². The van der Waals surface area contributed by atoms with Gasteiger partial charge in [0.25, 0.3) is 0 Å². The van der Waals surface area contributed by atoms with E-state index in [1.165, 1.54) is 4.90 Å². The average Bonchev–Trinajstić information content (AvgIpc) is 3.11. The maximum absolute atomic E-state index is 12.9. The minimum Gasteiger partial charge on any atom is -0.479 e. The van der Waals surface area contributed by atoms with E-state index in [0.717, 1.165) is 27.8 Å². The predicted octanol–water partition coefficient (Wildman–Crippen LogP) is 2.91. The molecule has 34 heavy (non-hydrogen) atoms. The third-order valence-electron chi connectivity index (χ3n) is 6.31. The van der Waals surface area contributed by atoms with Crippen LogP contribution in [0.1, 0.15) is 37.3 Å². The lowest BCUT2D eigenvalue weighted by Gasteiger charge is -2.44. The normalized spacial score (nSPS) is 16.5. The first-order chi connectivity index (χ1) is 16.2. The average molecular weight is 465 g/mol. The molecular formula is C26H28N2O6. The third-order valence-corrected chi connectivity index (χ3v) is 6.31. The predicted molar refractivity (Wildman–Crippen MR) is 125 cm³/mol. The number of aliphatic hydroxyl groups is 1. The van der Waals surface area contributed by atoms with Crippen molar-refractivity contribution in [3.8, 4) is 11.1 Å². The van der Waals surface area contributed by atoms with Gasteiger partial charge in [-0.05, 0) is 42.5 Å². The number of alkyl carbamates (subject to hydrolysis) is 1. The number of hydrogen-bond donors (Lipinski definition) is 3. The zero-order chi connectivity index (χ0) is 24.5. The van der Waals surface area contributed by atoms with Crippen molar-refractivity contribution in [1.82, 2.24) is 10.2 Å². The van der Waals surface area contributed by atoms with E-state index in [2.05, 4.69) is 5.32 Å². The van der Waals surface area contributed by atoms with Crippen molar-refractivity contribution >= 4 is 18.0 Å². The van der Waals surface area contributed by atoms with Crippen LogP contribution in [-0.2, 0) is 14.3 Å². The molecule has 0 bridgehead atoms. The monoisotopic (exact) mass is 464 g/mol.